The summed E-state index contributed by atoms with van der Waals surface area (Å²) in [6.45, 7) is 3.79. The molecule has 0 saturated carbocycles. The van der Waals surface area contributed by atoms with Gasteiger partial charge in [-0.2, -0.15) is 0 Å². The van der Waals surface area contributed by atoms with Crippen molar-refractivity contribution < 1.29 is 17.8 Å². The standard InChI is InChI=1S/C16H15N3O6S/c1-3-18-14-7-6-12(9-15(14)25-16(18)20)26(23,24)17-13-8-11(19(21)22)5-4-10(13)2/h4-9,17H,3H2,1-2H3. The molecule has 1 heterocycles. The highest BCUT2D eigenvalue weighted by atomic mass is 32.2. The van der Waals surface area contributed by atoms with Gasteiger partial charge in [-0.05, 0) is 31.5 Å². The number of anilines is 1. The zero-order valence-corrected chi connectivity index (χ0v) is 14.7. The fraction of sp³-hybridized carbons (Fsp3) is 0.188. The first-order valence-electron chi connectivity index (χ1n) is 7.64. The first-order chi connectivity index (χ1) is 12.2. The van der Waals surface area contributed by atoms with E-state index in [1.54, 1.807) is 13.8 Å². The molecule has 26 heavy (non-hydrogen) atoms. The Labute approximate surface area is 148 Å². The average Bonchev–Trinajstić information content (AvgIpc) is 2.90. The Morgan fingerprint density at radius 1 is 1.23 bits per heavy atom. The quantitative estimate of drug-likeness (QED) is 0.538. The molecule has 0 aliphatic heterocycles. The third kappa shape index (κ3) is 3.06. The minimum absolute atomic E-state index is 0.104. The number of non-ortho nitro benzene ring substituents is 1. The van der Waals surface area contributed by atoms with E-state index in [0.29, 0.717) is 17.6 Å². The van der Waals surface area contributed by atoms with E-state index >= 15 is 0 Å². The zero-order valence-electron chi connectivity index (χ0n) is 13.9. The number of nitrogens with one attached hydrogen (secondary N) is 1. The molecular weight excluding hydrogens is 362 g/mol. The molecule has 0 fully saturated rings. The highest BCUT2D eigenvalue weighted by molar-refractivity contribution is 7.92. The smallest absolute Gasteiger partial charge is 0.408 e. The highest BCUT2D eigenvalue weighted by Crippen LogP contribution is 2.26. The predicted octanol–water partition coefficient (Wildman–Crippen LogP) is 2.63. The average molecular weight is 377 g/mol. The fourth-order valence-electron chi connectivity index (χ4n) is 2.55. The molecule has 0 aliphatic rings. The van der Waals surface area contributed by atoms with Crippen molar-refractivity contribution in [1.29, 1.82) is 0 Å². The third-order valence-electron chi connectivity index (χ3n) is 3.94. The largest absolute Gasteiger partial charge is 0.419 e. The number of aryl methyl sites for hydroxylation is 2. The minimum atomic E-state index is -4.02. The van der Waals surface area contributed by atoms with Gasteiger partial charge in [-0.3, -0.25) is 19.4 Å². The van der Waals surface area contributed by atoms with Gasteiger partial charge in [0.25, 0.3) is 15.7 Å². The van der Waals surface area contributed by atoms with Crippen LogP contribution in [0.25, 0.3) is 11.1 Å². The van der Waals surface area contributed by atoms with Gasteiger partial charge >= 0.3 is 5.76 Å². The molecule has 0 saturated heterocycles. The summed E-state index contributed by atoms with van der Waals surface area (Å²) in [5.74, 6) is -0.570. The number of nitro benzene ring substituents is 1. The van der Waals surface area contributed by atoms with E-state index in [1.807, 2.05) is 0 Å². The van der Waals surface area contributed by atoms with Gasteiger partial charge in [-0.1, -0.05) is 6.07 Å². The fourth-order valence-corrected chi connectivity index (χ4v) is 3.69. The number of rotatable bonds is 5. The van der Waals surface area contributed by atoms with Crippen LogP contribution in [0.15, 0.2) is 50.5 Å². The Bertz CT molecular complexity index is 1180. The highest BCUT2D eigenvalue weighted by Gasteiger charge is 2.19. The van der Waals surface area contributed by atoms with Crippen molar-refractivity contribution in [2.75, 3.05) is 4.72 Å². The number of aromatic nitrogens is 1. The molecule has 10 heteroatoms. The molecule has 1 aromatic heterocycles. The molecule has 3 aromatic rings. The Morgan fingerprint density at radius 3 is 2.62 bits per heavy atom. The summed E-state index contributed by atoms with van der Waals surface area (Å²) < 4.78 is 34.1. The van der Waals surface area contributed by atoms with Crippen molar-refractivity contribution in [1.82, 2.24) is 4.57 Å². The van der Waals surface area contributed by atoms with E-state index in [-0.39, 0.29) is 21.9 Å². The van der Waals surface area contributed by atoms with Crippen molar-refractivity contribution in [3.05, 3.63) is 62.6 Å². The first kappa shape index (κ1) is 17.7. The molecule has 0 atom stereocenters. The normalized spacial score (nSPS) is 11.6. The van der Waals surface area contributed by atoms with Gasteiger partial charge in [0.05, 0.1) is 21.0 Å². The van der Waals surface area contributed by atoms with E-state index in [4.69, 9.17) is 4.42 Å². The van der Waals surface area contributed by atoms with Crippen molar-refractivity contribution >= 4 is 32.5 Å². The summed E-state index contributed by atoms with van der Waals surface area (Å²) in [5.41, 5.74) is 1.05. The van der Waals surface area contributed by atoms with Crippen LogP contribution in [0.1, 0.15) is 12.5 Å². The predicted molar refractivity (Wildman–Crippen MR) is 94.8 cm³/mol. The lowest BCUT2D eigenvalue weighted by Crippen LogP contribution is -2.14. The molecule has 0 aliphatic carbocycles. The van der Waals surface area contributed by atoms with E-state index in [0.717, 1.165) is 6.07 Å². The molecule has 0 amide bonds. The second-order valence-electron chi connectivity index (χ2n) is 5.60. The van der Waals surface area contributed by atoms with Crippen LogP contribution in [-0.2, 0) is 16.6 Å². The Balaban J connectivity index is 2.03. The van der Waals surface area contributed by atoms with E-state index in [9.17, 15) is 23.3 Å². The summed E-state index contributed by atoms with van der Waals surface area (Å²) in [5, 5.41) is 10.9. The molecular formula is C16H15N3O6S. The van der Waals surface area contributed by atoms with Crippen molar-refractivity contribution in [3.8, 4) is 0 Å². The van der Waals surface area contributed by atoms with Crippen molar-refractivity contribution in [2.45, 2.75) is 25.3 Å². The summed E-state index contributed by atoms with van der Waals surface area (Å²) >= 11 is 0. The lowest BCUT2D eigenvalue weighted by atomic mass is 10.2. The summed E-state index contributed by atoms with van der Waals surface area (Å²) in [7, 11) is -4.02. The molecule has 9 nitrogen and oxygen atoms in total. The lowest BCUT2D eigenvalue weighted by molar-refractivity contribution is -0.384. The van der Waals surface area contributed by atoms with Crippen LogP contribution in [0.2, 0.25) is 0 Å². The maximum atomic E-state index is 12.6. The molecule has 0 radical (unpaired) electrons. The number of fused-ring (bicyclic) bond motifs is 1. The number of hydrogen-bond donors (Lipinski definition) is 1. The number of benzene rings is 2. The second kappa shape index (κ2) is 6.30. The SMILES string of the molecule is CCn1c(=O)oc2cc(S(=O)(=O)Nc3cc([N+](=O)[O-])ccc3C)ccc21. The second-order valence-corrected chi connectivity index (χ2v) is 7.29. The summed E-state index contributed by atoms with van der Waals surface area (Å²) in [4.78, 5) is 21.9. The first-order valence-corrected chi connectivity index (χ1v) is 9.12. The van der Waals surface area contributed by atoms with Gasteiger partial charge in [0.2, 0.25) is 0 Å². The number of oxazole rings is 1. The number of hydrogen-bond acceptors (Lipinski definition) is 6. The van der Waals surface area contributed by atoms with Gasteiger partial charge in [0, 0.05) is 24.7 Å². The van der Waals surface area contributed by atoms with Crippen molar-refractivity contribution in [2.24, 2.45) is 0 Å². The number of nitrogens with zero attached hydrogens (tertiary/aromatic N) is 2. The van der Waals surface area contributed by atoms with Crippen LogP contribution in [0.4, 0.5) is 11.4 Å². The monoisotopic (exact) mass is 377 g/mol. The molecule has 0 spiro atoms. The molecule has 2 aromatic carbocycles. The Morgan fingerprint density at radius 2 is 1.96 bits per heavy atom. The number of sulfonamides is 1. The molecule has 136 valence electrons. The maximum Gasteiger partial charge on any atom is 0.419 e. The topological polar surface area (TPSA) is 124 Å². The van der Waals surface area contributed by atoms with Gasteiger partial charge in [0.15, 0.2) is 5.58 Å². The Hall–Kier alpha value is -3.14. The van der Waals surface area contributed by atoms with Gasteiger partial charge in [0.1, 0.15) is 0 Å². The van der Waals surface area contributed by atoms with Crippen LogP contribution in [-0.4, -0.2) is 17.9 Å². The van der Waals surface area contributed by atoms with Crippen LogP contribution < -0.4 is 10.5 Å². The number of nitro groups is 1. The summed E-state index contributed by atoms with van der Waals surface area (Å²) in [6, 6.07) is 7.98. The molecule has 0 bridgehead atoms. The van der Waals surface area contributed by atoms with Crippen LogP contribution in [0.3, 0.4) is 0 Å². The lowest BCUT2D eigenvalue weighted by Gasteiger charge is -2.10. The van der Waals surface area contributed by atoms with Crippen LogP contribution in [0.5, 0.6) is 0 Å². The Kier molecular flexibility index (Phi) is 4.28. The molecule has 1 N–H and O–H groups in total. The van der Waals surface area contributed by atoms with Gasteiger partial charge in [-0.25, -0.2) is 13.2 Å². The van der Waals surface area contributed by atoms with E-state index < -0.39 is 20.7 Å². The zero-order chi connectivity index (χ0) is 19.1. The minimum Gasteiger partial charge on any atom is -0.408 e. The van der Waals surface area contributed by atoms with Crippen molar-refractivity contribution in [3.63, 3.8) is 0 Å². The van der Waals surface area contributed by atoms with Crippen LogP contribution in [0, 0.1) is 17.0 Å². The van der Waals surface area contributed by atoms with Gasteiger partial charge in [-0.15, -0.1) is 0 Å². The maximum absolute atomic E-state index is 12.6. The molecule has 0 unspecified atom stereocenters. The summed E-state index contributed by atoms with van der Waals surface area (Å²) in [6.07, 6.45) is 0. The third-order valence-corrected chi connectivity index (χ3v) is 5.31. The van der Waals surface area contributed by atoms with Gasteiger partial charge < -0.3 is 4.42 Å². The van der Waals surface area contributed by atoms with E-state index in [2.05, 4.69) is 4.72 Å². The van der Waals surface area contributed by atoms with E-state index in [1.165, 1.54) is 34.9 Å². The molecule has 3 rings (SSSR count). The van der Waals surface area contributed by atoms with Crippen LogP contribution >= 0.6 is 0 Å².